The fourth-order valence-electron chi connectivity index (χ4n) is 0.633. The highest BCUT2D eigenvalue weighted by atomic mass is 35.5. The minimum absolute atomic E-state index is 0.160. The largest absolute Gasteiger partial charge is 0.302 e. The molecule has 0 rings (SSSR count). The maximum atomic E-state index is 10.1. The van der Waals surface area contributed by atoms with Gasteiger partial charge in [-0.15, -0.1) is 11.6 Å². The third-order valence-electron chi connectivity index (χ3n) is 0.955. The Morgan fingerprint density at radius 1 is 1.56 bits per heavy atom. The van der Waals surface area contributed by atoms with Crippen molar-refractivity contribution in [2.24, 2.45) is 5.41 Å². The van der Waals surface area contributed by atoms with Crippen molar-refractivity contribution in [1.29, 1.82) is 0 Å². The Bertz CT molecular complexity index is 93.6. The molecule has 0 radical (unpaired) electrons. The molecule has 0 aliphatic heterocycles. The summed E-state index contributed by atoms with van der Waals surface area (Å²) in [6.07, 6.45) is 1.53. The van der Waals surface area contributed by atoms with Crippen LogP contribution in [0.4, 0.5) is 0 Å². The highest BCUT2D eigenvalue weighted by Gasteiger charge is 2.15. The van der Waals surface area contributed by atoms with Crippen LogP contribution in [-0.2, 0) is 4.79 Å². The Kier molecular flexibility index (Phi) is 3.20. The van der Waals surface area contributed by atoms with Crippen LogP contribution in [0.1, 0.15) is 27.2 Å². The summed E-state index contributed by atoms with van der Waals surface area (Å²) in [7, 11) is 0. The summed E-state index contributed by atoms with van der Waals surface area (Å²) in [4.78, 5) is 10.1. The first-order valence-corrected chi connectivity index (χ1v) is 3.49. The Balaban J connectivity index is 3.59. The van der Waals surface area contributed by atoms with Gasteiger partial charge >= 0.3 is 0 Å². The van der Waals surface area contributed by atoms with Crippen LogP contribution >= 0.6 is 11.6 Å². The summed E-state index contributed by atoms with van der Waals surface area (Å²) < 4.78 is 0. The molecule has 0 aliphatic carbocycles. The Hall–Kier alpha value is -0.0400. The molecule has 1 atom stereocenters. The monoisotopic (exact) mass is 148 g/mol. The Morgan fingerprint density at radius 2 is 2.00 bits per heavy atom. The molecule has 0 aromatic heterocycles. The van der Waals surface area contributed by atoms with E-state index in [1.807, 2.05) is 0 Å². The average Bonchev–Trinajstić information content (AvgIpc) is 1.62. The molecule has 0 amide bonds. The van der Waals surface area contributed by atoms with Crippen molar-refractivity contribution in [3.8, 4) is 0 Å². The SMILES string of the molecule is CC(C)(C)CC(Cl)C=O. The van der Waals surface area contributed by atoms with Crippen molar-refractivity contribution in [3.05, 3.63) is 0 Å². The number of aldehydes is 1. The van der Waals surface area contributed by atoms with Gasteiger partial charge in [-0.3, -0.25) is 0 Å². The summed E-state index contributed by atoms with van der Waals surface area (Å²) in [5.41, 5.74) is 0.160. The van der Waals surface area contributed by atoms with E-state index in [0.717, 1.165) is 12.7 Å². The molecule has 2 heteroatoms. The lowest BCUT2D eigenvalue weighted by Gasteiger charge is -2.18. The van der Waals surface area contributed by atoms with Crippen LogP contribution in [0, 0.1) is 5.41 Å². The molecule has 1 unspecified atom stereocenters. The molecule has 0 fully saturated rings. The minimum atomic E-state index is -0.315. The second-order valence-corrected chi connectivity index (χ2v) is 3.98. The fourth-order valence-corrected chi connectivity index (χ4v) is 1.10. The second-order valence-electron chi connectivity index (χ2n) is 3.42. The van der Waals surface area contributed by atoms with E-state index in [4.69, 9.17) is 11.6 Å². The first-order chi connectivity index (χ1) is 3.95. The zero-order valence-electron chi connectivity index (χ0n) is 6.15. The summed E-state index contributed by atoms with van der Waals surface area (Å²) in [5.74, 6) is 0. The smallest absolute Gasteiger partial charge is 0.137 e. The highest BCUT2D eigenvalue weighted by Crippen LogP contribution is 2.22. The van der Waals surface area contributed by atoms with E-state index in [-0.39, 0.29) is 10.8 Å². The van der Waals surface area contributed by atoms with Crippen LogP contribution in [0.5, 0.6) is 0 Å². The van der Waals surface area contributed by atoms with Crippen molar-refractivity contribution in [1.82, 2.24) is 0 Å². The molecule has 0 N–H and O–H groups in total. The molecule has 0 heterocycles. The second kappa shape index (κ2) is 3.21. The molecule has 0 spiro atoms. The van der Waals surface area contributed by atoms with Crippen molar-refractivity contribution in [3.63, 3.8) is 0 Å². The Labute approximate surface area is 61.4 Å². The topological polar surface area (TPSA) is 17.1 Å². The third kappa shape index (κ3) is 5.84. The number of carbonyl (C=O) groups excluding carboxylic acids is 1. The van der Waals surface area contributed by atoms with Gasteiger partial charge in [-0.1, -0.05) is 20.8 Å². The normalized spacial score (nSPS) is 15.1. The van der Waals surface area contributed by atoms with Crippen molar-refractivity contribution in [2.45, 2.75) is 32.6 Å². The van der Waals surface area contributed by atoms with Gasteiger partial charge in [0.05, 0.1) is 5.38 Å². The van der Waals surface area contributed by atoms with Crippen LogP contribution in [0.3, 0.4) is 0 Å². The van der Waals surface area contributed by atoms with Gasteiger partial charge < -0.3 is 4.79 Å². The minimum Gasteiger partial charge on any atom is -0.302 e. The molecule has 1 nitrogen and oxygen atoms in total. The van der Waals surface area contributed by atoms with Gasteiger partial charge in [0.25, 0.3) is 0 Å². The lowest BCUT2D eigenvalue weighted by atomic mass is 9.91. The zero-order valence-corrected chi connectivity index (χ0v) is 6.90. The molecular weight excluding hydrogens is 136 g/mol. The van der Waals surface area contributed by atoms with Crippen LogP contribution in [0.25, 0.3) is 0 Å². The molecular formula is C7H13ClO. The highest BCUT2D eigenvalue weighted by molar-refractivity contribution is 6.27. The van der Waals surface area contributed by atoms with Crippen molar-refractivity contribution in [2.75, 3.05) is 0 Å². The molecule has 0 aliphatic rings. The van der Waals surface area contributed by atoms with E-state index in [2.05, 4.69) is 20.8 Å². The van der Waals surface area contributed by atoms with Gasteiger partial charge in [0, 0.05) is 0 Å². The van der Waals surface area contributed by atoms with Crippen molar-refractivity contribution < 1.29 is 4.79 Å². The summed E-state index contributed by atoms with van der Waals surface area (Å²) in [5, 5.41) is -0.315. The number of alkyl halides is 1. The predicted molar refractivity (Wildman–Crippen MR) is 39.8 cm³/mol. The average molecular weight is 149 g/mol. The maximum absolute atomic E-state index is 10.1. The van der Waals surface area contributed by atoms with Crippen LogP contribution < -0.4 is 0 Å². The summed E-state index contributed by atoms with van der Waals surface area (Å²) >= 11 is 5.58. The molecule has 0 bridgehead atoms. The van der Waals surface area contributed by atoms with E-state index >= 15 is 0 Å². The molecule has 54 valence electrons. The van der Waals surface area contributed by atoms with Gasteiger partial charge in [0.15, 0.2) is 0 Å². The number of hydrogen-bond acceptors (Lipinski definition) is 1. The van der Waals surface area contributed by atoms with Gasteiger partial charge in [-0.25, -0.2) is 0 Å². The number of rotatable bonds is 2. The summed E-state index contributed by atoms with van der Waals surface area (Å²) in [6, 6.07) is 0. The lowest BCUT2D eigenvalue weighted by molar-refractivity contribution is -0.108. The first kappa shape index (κ1) is 8.96. The van der Waals surface area contributed by atoms with Crippen LogP contribution in [0.2, 0.25) is 0 Å². The maximum Gasteiger partial charge on any atom is 0.137 e. The molecule has 0 aromatic carbocycles. The molecule has 0 saturated carbocycles. The first-order valence-electron chi connectivity index (χ1n) is 3.05. The lowest BCUT2D eigenvalue weighted by Crippen LogP contribution is -2.13. The third-order valence-corrected chi connectivity index (χ3v) is 1.21. The van der Waals surface area contributed by atoms with E-state index in [1.165, 1.54) is 0 Å². The molecule has 0 saturated heterocycles. The predicted octanol–water partition coefficient (Wildman–Crippen LogP) is 2.23. The van der Waals surface area contributed by atoms with Crippen molar-refractivity contribution >= 4 is 17.9 Å². The number of hydrogen-bond donors (Lipinski definition) is 0. The van der Waals surface area contributed by atoms with Crippen LogP contribution in [0.15, 0.2) is 0 Å². The van der Waals surface area contributed by atoms with Gasteiger partial charge in [-0.05, 0) is 11.8 Å². The van der Waals surface area contributed by atoms with E-state index < -0.39 is 0 Å². The van der Waals surface area contributed by atoms with Gasteiger partial charge in [-0.2, -0.15) is 0 Å². The van der Waals surface area contributed by atoms with E-state index in [1.54, 1.807) is 0 Å². The van der Waals surface area contributed by atoms with E-state index in [9.17, 15) is 4.79 Å². The number of carbonyl (C=O) groups is 1. The molecule has 0 aromatic rings. The van der Waals surface area contributed by atoms with E-state index in [0.29, 0.717) is 0 Å². The van der Waals surface area contributed by atoms with Gasteiger partial charge in [0.2, 0.25) is 0 Å². The molecule has 9 heavy (non-hydrogen) atoms. The Morgan fingerprint density at radius 3 is 2.11 bits per heavy atom. The number of halogens is 1. The van der Waals surface area contributed by atoms with Crippen LogP contribution in [-0.4, -0.2) is 11.7 Å². The van der Waals surface area contributed by atoms with Gasteiger partial charge in [0.1, 0.15) is 6.29 Å². The fraction of sp³-hybridized carbons (Fsp3) is 0.857. The standard InChI is InChI=1S/C7H13ClO/c1-7(2,3)4-6(8)5-9/h5-6H,4H2,1-3H3. The summed E-state index contributed by atoms with van der Waals surface area (Å²) in [6.45, 7) is 6.18. The quantitative estimate of drug-likeness (QED) is 0.434. The zero-order chi connectivity index (χ0) is 7.49.